The molecule has 0 aliphatic carbocycles. The molecule has 0 unspecified atom stereocenters. The maximum Gasteiger partial charge on any atom is 0.326 e. The third-order valence-corrected chi connectivity index (χ3v) is 3.45. The van der Waals surface area contributed by atoms with Gasteiger partial charge in [0.15, 0.2) is 0 Å². The van der Waals surface area contributed by atoms with Crippen LogP contribution < -0.4 is 0 Å². The first kappa shape index (κ1) is 13.9. The number of aromatic nitrogens is 1. The van der Waals surface area contributed by atoms with Crippen LogP contribution in [0.4, 0.5) is 0 Å². The van der Waals surface area contributed by atoms with Gasteiger partial charge in [-0.3, -0.25) is 4.79 Å². The van der Waals surface area contributed by atoms with Gasteiger partial charge >= 0.3 is 5.97 Å². The molecule has 1 aliphatic rings. The number of aliphatic carboxylic acids is 1. The molecule has 0 spiro atoms. The second kappa shape index (κ2) is 5.22. The van der Waals surface area contributed by atoms with E-state index < -0.39 is 24.0 Å². The van der Waals surface area contributed by atoms with Crippen LogP contribution in [0, 0.1) is 0 Å². The molecule has 2 rings (SSSR count). The van der Waals surface area contributed by atoms with E-state index in [1.165, 1.54) is 11.0 Å². The van der Waals surface area contributed by atoms with Gasteiger partial charge in [0.2, 0.25) is 0 Å². The van der Waals surface area contributed by atoms with Crippen molar-refractivity contribution in [2.45, 2.75) is 32.0 Å². The van der Waals surface area contributed by atoms with Crippen molar-refractivity contribution in [3.8, 4) is 0 Å². The van der Waals surface area contributed by atoms with Crippen LogP contribution in [0.25, 0.3) is 0 Å². The van der Waals surface area contributed by atoms with E-state index in [1.807, 2.05) is 6.92 Å². The Morgan fingerprint density at radius 1 is 1.53 bits per heavy atom. The fraction of sp³-hybridized carbons (Fsp3) is 0.500. The average Bonchev–Trinajstić information content (AvgIpc) is 2.91. The number of aryl methyl sites for hydroxylation is 1. The van der Waals surface area contributed by atoms with Crippen molar-refractivity contribution in [3.05, 3.63) is 23.0 Å². The summed E-state index contributed by atoms with van der Waals surface area (Å²) in [5.41, 5.74) is 0.341. The van der Waals surface area contributed by atoms with Gasteiger partial charge in [-0.05, 0) is 13.0 Å². The number of hydrogen-bond acceptors (Lipinski definition) is 3. The van der Waals surface area contributed by atoms with E-state index in [2.05, 4.69) is 0 Å². The fourth-order valence-electron chi connectivity index (χ4n) is 2.33. The van der Waals surface area contributed by atoms with E-state index in [9.17, 15) is 14.7 Å². The number of aliphatic hydroxyl groups is 1. The van der Waals surface area contributed by atoms with Crippen LogP contribution in [-0.2, 0) is 11.3 Å². The third kappa shape index (κ3) is 2.59. The molecule has 1 aromatic heterocycles. The topological polar surface area (TPSA) is 82.8 Å². The van der Waals surface area contributed by atoms with Crippen LogP contribution in [-0.4, -0.2) is 50.2 Å². The van der Waals surface area contributed by atoms with Crippen molar-refractivity contribution in [2.75, 3.05) is 6.54 Å². The predicted molar refractivity (Wildman–Crippen MR) is 68.2 cm³/mol. The van der Waals surface area contributed by atoms with E-state index in [1.54, 1.807) is 10.8 Å². The molecule has 1 fully saturated rings. The average molecular weight is 287 g/mol. The Bertz CT molecular complexity index is 514. The Kier molecular flexibility index (Phi) is 3.82. The normalized spacial score (nSPS) is 22.8. The number of β-amino-alcohol motifs (C(OH)–C–C–N with tert-alkyl or cyclic N) is 1. The summed E-state index contributed by atoms with van der Waals surface area (Å²) in [7, 11) is 0. The minimum absolute atomic E-state index is 0.0301. The number of carboxylic acids is 1. The first-order valence-corrected chi connectivity index (χ1v) is 6.39. The van der Waals surface area contributed by atoms with Crippen LogP contribution in [0.3, 0.4) is 0 Å². The predicted octanol–water partition coefficient (Wildman–Crippen LogP) is 0.821. The van der Waals surface area contributed by atoms with Gasteiger partial charge in [-0.2, -0.15) is 0 Å². The van der Waals surface area contributed by atoms with Gasteiger partial charge in [0.05, 0.1) is 11.1 Å². The molecule has 0 radical (unpaired) electrons. The second-order valence-corrected chi connectivity index (χ2v) is 4.97. The van der Waals surface area contributed by atoms with Gasteiger partial charge in [-0.25, -0.2) is 4.79 Å². The van der Waals surface area contributed by atoms with E-state index in [0.717, 1.165) is 0 Å². The summed E-state index contributed by atoms with van der Waals surface area (Å²) in [5, 5.41) is 19.1. The lowest BCUT2D eigenvalue weighted by molar-refractivity contribution is -0.141. The fourth-order valence-corrected chi connectivity index (χ4v) is 2.56. The maximum atomic E-state index is 12.4. The summed E-state index contributed by atoms with van der Waals surface area (Å²) in [5.74, 6) is -1.52. The van der Waals surface area contributed by atoms with E-state index >= 15 is 0 Å². The van der Waals surface area contributed by atoms with Crippen LogP contribution in [0.5, 0.6) is 0 Å². The number of likely N-dealkylation sites (tertiary alicyclic amines) is 1. The highest BCUT2D eigenvalue weighted by molar-refractivity contribution is 6.31. The van der Waals surface area contributed by atoms with Crippen LogP contribution in [0.2, 0.25) is 5.02 Å². The molecular weight excluding hydrogens is 272 g/mol. The molecule has 104 valence electrons. The SMILES string of the molecule is CCn1cc(Cl)cc1C(=O)N1C[C@H](O)C[C@H]1C(=O)O. The summed E-state index contributed by atoms with van der Waals surface area (Å²) in [4.78, 5) is 24.7. The maximum absolute atomic E-state index is 12.4. The highest BCUT2D eigenvalue weighted by atomic mass is 35.5. The van der Waals surface area contributed by atoms with Gasteiger partial charge in [0, 0.05) is 25.7 Å². The van der Waals surface area contributed by atoms with Crippen molar-refractivity contribution in [1.29, 1.82) is 0 Å². The number of carbonyl (C=O) groups excluding carboxylic acids is 1. The van der Waals surface area contributed by atoms with Crippen molar-refractivity contribution in [2.24, 2.45) is 0 Å². The molecule has 2 atom stereocenters. The van der Waals surface area contributed by atoms with Gasteiger partial charge in [0.1, 0.15) is 11.7 Å². The molecular formula is C12H15ClN2O4. The molecule has 19 heavy (non-hydrogen) atoms. The molecule has 0 saturated carbocycles. The molecule has 1 amide bonds. The largest absolute Gasteiger partial charge is 0.480 e. The zero-order chi connectivity index (χ0) is 14.2. The smallest absolute Gasteiger partial charge is 0.326 e. The molecule has 2 N–H and O–H groups in total. The Morgan fingerprint density at radius 2 is 2.21 bits per heavy atom. The highest BCUT2D eigenvalue weighted by Crippen LogP contribution is 2.23. The second-order valence-electron chi connectivity index (χ2n) is 4.53. The van der Waals surface area contributed by atoms with Crippen molar-refractivity contribution >= 4 is 23.5 Å². The monoisotopic (exact) mass is 286 g/mol. The summed E-state index contributed by atoms with van der Waals surface area (Å²) in [6, 6.07) is 0.526. The lowest BCUT2D eigenvalue weighted by Gasteiger charge is -2.21. The number of carboxylic acid groups (broad SMARTS) is 1. The van der Waals surface area contributed by atoms with Crippen molar-refractivity contribution in [3.63, 3.8) is 0 Å². The third-order valence-electron chi connectivity index (χ3n) is 3.25. The van der Waals surface area contributed by atoms with Gasteiger partial charge in [0.25, 0.3) is 5.91 Å². The van der Waals surface area contributed by atoms with E-state index in [4.69, 9.17) is 16.7 Å². The lowest BCUT2D eigenvalue weighted by atomic mass is 10.2. The van der Waals surface area contributed by atoms with E-state index in [0.29, 0.717) is 17.3 Å². The molecule has 1 aromatic rings. The Labute approximate surface area is 115 Å². The number of halogens is 1. The number of aliphatic hydroxyl groups excluding tert-OH is 1. The highest BCUT2D eigenvalue weighted by Gasteiger charge is 2.39. The summed E-state index contributed by atoms with van der Waals surface area (Å²) < 4.78 is 1.66. The molecule has 1 aliphatic heterocycles. The first-order valence-electron chi connectivity index (χ1n) is 6.01. The number of amides is 1. The molecule has 0 aromatic carbocycles. The van der Waals surface area contributed by atoms with Crippen molar-refractivity contribution in [1.82, 2.24) is 9.47 Å². The molecule has 2 heterocycles. The Balaban J connectivity index is 2.30. The van der Waals surface area contributed by atoms with Crippen molar-refractivity contribution < 1.29 is 19.8 Å². The summed E-state index contributed by atoms with van der Waals surface area (Å²) in [6.07, 6.45) is 0.879. The zero-order valence-electron chi connectivity index (χ0n) is 10.4. The Morgan fingerprint density at radius 3 is 2.79 bits per heavy atom. The number of hydrogen-bond donors (Lipinski definition) is 2. The van der Waals surface area contributed by atoms with Crippen LogP contribution >= 0.6 is 11.6 Å². The number of nitrogens with zero attached hydrogens (tertiary/aromatic N) is 2. The van der Waals surface area contributed by atoms with E-state index in [-0.39, 0.29) is 13.0 Å². The molecule has 6 nitrogen and oxygen atoms in total. The van der Waals surface area contributed by atoms with Gasteiger partial charge in [-0.15, -0.1) is 0 Å². The number of carbonyl (C=O) groups is 2. The van der Waals surface area contributed by atoms with Gasteiger partial charge < -0.3 is 19.7 Å². The molecule has 7 heteroatoms. The molecule has 0 bridgehead atoms. The zero-order valence-corrected chi connectivity index (χ0v) is 11.2. The van der Waals surface area contributed by atoms with Crippen LogP contribution in [0.1, 0.15) is 23.8 Å². The molecule has 1 saturated heterocycles. The van der Waals surface area contributed by atoms with Crippen LogP contribution in [0.15, 0.2) is 12.3 Å². The minimum atomic E-state index is -1.11. The van der Waals surface area contributed by atoms with Gasteiger partial charge in [-0.1, -0.05) is 11.6 Å². The number of rotatable bonds is 3. The first-order chi connectivity index (χ1) is 8.93. The summed E-state index contributed by atoms with van der Waals surface area (Å²) in [6.45, 7) is 2.45. The standard InChI is InChI=1S/C12H15ClN2O4/c1-2-14-5-7(13)3-9(14)11(17)15-6-8(16)4-10(15)12(18)19/h3,5,8,10,16H,2,4,6H2,1H3,(H,18,19)/t8-,10+/m1/s1. The lowest BCUT2D eigenvalue weighted by Crippen LogP contribution is -2.41. The quantitative estimate of drug-likeness (QED) is 0.862. The minimum Gasteiger partial charge on any atom is -0.480 e. The summed E-state index contributed by atoms with van der Waals surface area (Å²) >= 11 is 5.87. The Hall–Kier alpha value is -1.53.